The van der Waals surface area contributed by atoms with E-state index in [-0.39, 0.29) is 5.91 Å². The molecule has 1 N–H and O–H groups in total. The van der Waals surface area contributed by atoms with Gasteiger partial charge in [0.1, 0.15) is 11.4 Å². The van der Waals surface area contributed by atoms with Crippen molar-refractivity contribution in [3.63, 3.8) is 0 Å². The second-order valence-electron chi connectivity index (χ2n) is 6.38. The molecule has 2 aromatic heterocycles. The fraction of sp³-hybridized carbons (Fsp3) is 0.300. The molecule has 0 atom stereocenters. The fourth-order valence-corrected chi connectivity index (χ4v) is 2.86. The maximum atomic E-state index is 12.7. The van der Waals surface area contributed by atoms with Gasteiger partial charge < -0.3 is 9.88 Å². The summed E-state index contributed by atoms with van der Waals surface area (Å²) in [5.74, 6) is -0.101. The van der Waals surface area contributed by atoms with Crippen molar-refractivity contribution in [2.24, 2.45) is 7.05 Å². The van der Waals surface area contributed by atoms with Gasteiger partial charge in [-0.2, -0.15) is 5.10 Å². The predicted molar refractivity (Wildman–Crippen MR) is 100 cm³/mol. The van der Waals surface area contributed by atoms with Gasteiger partial charge in [0.2, 0.25) is 0 Å². The van der Waals surface area contributed by atoms with Crippen LogP contribution in [0.25, 0.3) is 17.1 Å². The molecule has 130 valence electrons. The van der Waals surface area contributed by atoms with E-state index < -0.39 is 0 Å². The van der Waals surface area contributed by atoms with Crippen molar-refractivity contribution in [2.75, 3.05) is 6.54 Å². The molecule has 0 aliphatic carbocycles. The van der Waals surface area contributed by atoms with E-state index in [0.717, 1.165) is 34.6 Å². The maximum Gasteiger partial charge on any atom is 0.270 e. The van der Waals surface area contributed by atoms with Crippen molar-refractivity contribution in [1.82, 2.24) is 19.7 Å². The minimum Gasteiger partial charge on any atom is -0.351 e. The molecule has 0 fully saturated rings. The Morgan fingerprint density at radius 2 is 2.00 bits per heavy atom. The summed E-state index contributed by atoms with van der Waals surface area (Å²) in [5, 5.41) is 7.71. The van der Waals surface area contributed by atoms with Gasteiger partial charge in [0, 0.05) is 19.8 Å². The van der Waals surface area contributed by atoms with Gasteiger partial charge in [-0.3, -0.25) is 4.79 Å². The molecule has 0 saturated heterocycles. The molecular weight excluding hydrogens is 312 g/mol. The molecule has 0 bridgehead atoms. The van der Waals surface area contributed by atoms with Crippen LogP contribution in [-0.2, 0) is 7.05 Å². The molecule has 0 saturated carbocycles. The van der Waals surface area contributed by atoms with Crippen LogP contribution in [0.15, 0.2) is 42.6 Å². The summed E-state index contributed by atoms with van der Waals surface area (Å²) in [4.78, 5) is 12.7. The highest BCUT2D eigenvalue weighted by molar-refractivity contribution is 5.94. The molecular formula is C20H24N4O. The second-order valence-corrected chi connectivity index (χ2v) is 6.38. The Hall–Kier alpha value is -2.82. The SMILES string of the molecule is CCCNC(=O)c1cc(-c2cccn2C)nn1-c1cc(C)ccc1C. The molecule has 0 unspecified atom stereocenters. The monoisotopic (exact) mass is 336 g/mol. The van der Waals surface area contributed by atoms with Crippen molar-refractivity contribution in [3.05, 3.63) is 59.4 Å². The van der Waals surface area contributed by atoms with Crippen LogP contribution in [0.5, 0.6) is 0 Å². The molecule has 1 aromatic carbocycles. The molecule has 25 heavy (non-hydrogen) atoms. The predicted octanol–water partition coefficient (Wildman–Crippen LogP) is 3.63. The molecule has 5 heteroatoms. The van der Waals surface area contributed by atoms with Crippen molar-refractivity contribution in [1.29, 1.82) is 0 Å². The summed E-state index contributed by atoms with van der Waals surface area (Å²) in [6.07, 6.45) is 2.87. The van der Waals surface area contributed by atoms with E-state index in [0.29, 0.717) is 12.2 Å². The molecule has 5 nitrogen and oxygen atoms in total. The first kappa shape index (κ1) is 17.0. The van der Waals surface area contributed by atoms with Gasteiger partial charge in [0.05, 0.1) is 11.4 Å². The smallest absolute Gasteiger partial charge is 0.270 e. The third kappa shape index (κ3) is 3.36. The zero-order valence-electron chi connectivity index (χ0n) is 15.2. The van der Waals surface area contributed by atoms with Crippen molar-refractivity contribution in [2.45, 2.75) is 27.2 Å². The average molecular weight is 336 g/mol. The van der Waals surface area contributed by atoms with Crippen molar-refractivity contribution >= 4 is 5.91 Å². The minimum absolute atomic E-state index is 0.101. The van der Waals surface area contributed by atoms with E-state index in [2.05, 4.69) is 23.5 Å². The fourth-order valence-electron chi connectivity index (χ4n) is 2.86. The zero-order valence-corrected chi connectivity index (χ0v) is 15.2. The summed E-state index contributed by atoms with van der Waals surface area (Å²) < 4.78 is 3.76. The summed E-state index contributed by atoms with van der Waals surface area (Å²) in [6, 6.07) is 12.0. The van der Waals surface area contributed by atoms with Gasteiger partial charge in [-0.25, -0.2) is 4.68 Å². The quantitative estimate of drug-likeness (QED) is 0.773. The first-order valence-corrected chi connectivity index (χ1v) is 8.59. The van der Waals surface area contributed by atoms with Crippen LogP contribution in [0.3, 0.4) is 0 Å². The van der Waals surface area contributed by atoms with Gasteiger partial charge in [0.15, 0.2) is 0 Å². The molecule has 0 radical (unpaired) electrons. The van der Waals surface area contributed by atoms with Crippen LogP contribution in [0, 0.1) is 13.8 Å². The van der Waals surface area contributed by atoms with Crippen LogP contribution in [-0.4, -0.2) is 26.8 Å². The highest BCUT2D eigenvalue weighted by Gasteiger charge is 2.19. The van der Waals surface area contributed by atoms with Crippen LogP contribution in [0.1, 0.15) is 35.0 Å². The number of nitrogens with zero attached hydrogens (tertiary/aromatic N) is 3. The second kappa shape index (κ2) is 6.97. The van der Waals surface area contributed by atoms with Gasteiger partial charge in [-0.15, -0.1) is 0 Å². The van der Waals surface area contributed by atoms with Crippen LogP contribution in [0.4, 0.5) is 0 Å². The highest BCUT2D eigenvalue weighted by atomic mass is 16.2. The number of carbonyl (C=O) groups excluding carboxylic acids is 1. The minimum atomic E-state index is -0.101. The molecule has 0 spiro atoms. The Morgan fingerprint density at radius 3 is 2.68 bits per heavy atom. The van der Waals surface area contributed by atoms with E-state index in [1.54, 1.807) is 4.68 Å². The molecule has 2 heterocycles. The number of nitrogens with one attached hydrogen (secondary N) is 1. The summed E-state index contributed by atoms with van der Waals surface area (Å²) in [5.41, 5.74) is 5.47. The van der Waals surface area contributed by atoms with E-state index in [1.807, 2.05) is 56.8 Å². The molecule has 0 aliphatic rings. The summed E-state index contributed by atoms with van der Waals surface area (Å²) in [6.45, 7) is 6.77. The number of aryl methyl sites for hydroxylation is 3. The lowest BCUT2D eigenvalue weighted by Gasteiger charge is -2.11. The number of hydrogen-bond acceptors (Lipinski definition) is 2. The number of rotatable bonds is 5. The van der Waals surface area contributed by atoms with Crippen LogP contribution >= 0.6 is 0 Å². The summed E-state index contributed by atoms with van der Waals surface area (Å²) >= 11 is 0. The first-order valence-electron chi connectivity index (χ1n) is 8.59. The van der Waals surface area contributed by atoms with Gasteiger partial charge in [-0.05, 0) is 55.7 Å². The third-order valence-electron chi connectivity index (χ3n) is 4.28. The van der Waals surface area contributed by atoms with E-state index in [4.69, 9.17) is 5.10 Å². The van der Waals surface area contributed by atoms with E-state index in [9.17, 15) is 4.79 Å². The Bertz CT molecular complexity index is 904. The molecule has 1 amide bonds. The van der Waals surface area contributed by atoms with Crippen molar-refractivity contribution < 1.29 is 4.79 Å². The number of amides is 1. The third-order valence-corrected chi connectivity index (χ3v) is 4.28. The van der Waals surface area contributed by atoms with Gasteiger partial charge in [-0.1, -0.05) is 19.1 Å². The normalized spacial score (nSPS) is 10.9. The topological polar surface area (TPSA) is 51.9 Å². The number of benzene rings is 1. The molecule has 0 aliphatic heterocycles. The Kier molecular flexibility index (Phi) is 4.74. The molecule has 3 rings (SSSR count). The lowest BCUT2D eigenvalue weighted by Crippen LogP contribution is -2.26. The summed E-state index contributed by atoms with van der Waals surface area (Å²) in [7, 11) is 1.98. The Balaban J connectivity index is 2.15. The lowest BCUT2D eigenvalue weighted by atomic mass is 10.1. The average Bonchev–Trinajstić information content (AvgIpc) is 3.21. The highest BCUT2D eigenvalue weighted by Crippen LogP contribution is 2.24. The van der Waals surface area contributed by atoms with Crippen LogP contribution < -0.4 is 5.32 Å². The van der Waals surface area contributed by atoms with E-state index >= 15 is 0 Å². The zero-order chi connectivity index (χ0) is 18.0. The Morgan fingerprint density at radius 1 is 1.20 bits per heavy atom. The van der Waals surface area contributed by atoms with E-state index in [1.165, 1.54) is 0 Å². The first-order chi connectivity index (χ1) is 12.0. The standard InChI is InChI=1S/C20H24N4O/c1-5-10-21-20(25)19-13-16(17-7-6-11-23(17)4)22-24(19)18-12-14(2)8-9-15(18)3/h6-9,11-13H,5,10H2,1-4H3,(H,21,25). The number of aromatic nitrogens is 3. The number of hydrogen-bond donors (Lipinski definition) is 1. The number of carbonyl (C=O) groups is 1. The lowest BCUT2D eigenvalue weighted by molar-refractivity contribution is 0.0946. The maximum absolute atomic E-state index is 12.7. The largest absolute Gasteiger partial charge is 0.351 e. The van der Waals surface area contributed by atoms with Gasteiger partial charge >= 0.3 is 0 Å². The van der Waals surface area contributed by atoms with Crippen LogP contribution in [0.2, 0.25) is 0 Å². The molecule has 3 aromatic rings. The van der Waals surface area contributed by atoms with Gasteiger partial charge in [0.25, 0.3) is 5.91 Å². The van der Waals surface area contributed by atoms with Crippen molar-refractivity contribution in [3.8, 4) is 17.1 Å². The Labute approximate surface area is 148 Å².